The molecule has 200 valence electrons. The van der Waals surface area contributed by atoms with E-state index in [1.54, 1.807) is 17.0 Å². The van der Waals surface area contributed by atoms with Crippen molar-refractivity contribution in [3.63, 3.8) is 0 Å². The summed E-state index contributed by atoms with van der Waals surface area (Å²) in [7, 11) is 0. The number of imidazole rings is 1. The summed E-state index contributed by atoms with van der Waals surface area (Å²) >= 11 is 0. The van der Waals surface area contributed by atoms with Crippen molar-refractivity contribution in [2.24, 2.45) is 5.92 Å². The van der Waals surface area contributed by atoms with Crippen LogP contribution in [-0.4, -0.2) is 62.6 Å². The molecule has 3 aromatic heterocycles. The average Bonchev–Trinajstić information content (AvgIpc) is 3.52. The summed E-state index contributed by atoms with van der Waals surface area (Å²) in [6.45, 7) is 3.96. The van der Waals surface area contributed by atoms with Crippen LogP contribution < -0.4 is 20.4 Å². The Balaban J connectivity index is 1.24. The van der Waals surface area contributed by atoms with E-state index in [1.807, 2.05) is 4.90 Å². The molecule has 0 unspecified atom stereocenters. The molecule has 1 aromatic carbocycles. The van der Waals surface area contributed by atoms with Crippen molar-refractivity contribution in [1.29, 1.82) is 0 Å². The van der Waals surface area contributed by atoms with E-state index in [0.29, 0.717) is 49.2 Å². The molecular weight excluding hydrogens is 508 g/mol. The lowest BCUT2D eigenvalue weighted by atomic mass is 10.0. The fourth-order valence-corrected chi connectivity index (χ4v) is 5.08. The van der Waals surface area contributed by atoms with Gasteiger partial charge >= 0.3 is 0 Å². The van der Waals surface area contributed by atoms with Gasteiger partial charge in [-0.2, -0.15) is 4.52 Å². The van der Waals surface area contributed by atoms with Crippen LogP contribution in [0, 0.1) is 17.6 Å². The number of anilines is 3. The molecular formula is C26H25F2N9O2. The second-order valence-corrected chi connectivity index (χ2v) is 9.77. The van der Waals surface area contributed by atoms with Crippen LogP contribution in [0.3, 0.4) is 0 Å². The van der Waals surface area contributed by atoms with Crippen LogP contribution >= 0.6 is 0 Å². The Labute approximate surface area is 221 Å². The monoisotopic (exact) mass is 533 g/mol. The van der Waals surface area contributed by atoms with Gasteiger partial charge in [0.15, 0.2) is 11.5 Å². The van der Waals surface area contributed by atoms with Crippen molar-refractivity contribution in [2.45, 2.75) is 19.4 Å². The number of rotatable bonds is 5. The van der Waals surface area contributed by atoms with Crippen molar-refractivity contribution in [1.82, 2.24) is 29.9 Å². The first-order chi connectivity index (χ1) is 18.9. The number of nitrogens with zero attached hydrogens (tertiary/aromatic N) is 7. The zero-order valence-corrected chi connectivity index (χ0v) is 21.0. The normalized spacial score (nSPS) is 19.4. The first-order valence-corrected chi connectivity index (χ1v) is 12.6. The Morgan fingerprint density at radius 1 is 1.08 bits per heavy atom. The van der Waals surface area contributed by atoms with Crippen molar-refractivity contribution in [3.8, 4) is 0 Å². The lowest BCUT2D eigenvalue weighted by Gasteiger charge is -2.27. The van der Waals surface area contributed by atoms with E-state index in [0.717, 1.165) is 12.1 Å². The molecule has 0 saturated carbocycles. The van der Waals surface area contributed by atoms with Gasteiger partial charge < -0.3 is 20.4 Å². The third kappa shape index (κ3) is 4.82. The highest BCUT2D eigenvalue weighted by Gasteiger charge is 2.34. The van der Waals surface area contributed by atoms with E-state index in [2.05, 4.69) is 37.6 Å². The number of aromatic nitrogens is 5. The van der Waals surface area contributed by atoms with Gasteiger partial charge in [0.25, 0.3) is 5.91 Å². The van der Waals surface area contributed by atoms with Crippen molar-refractivity contribution in [2.75, 3.05) is 41.3 Å². The first-order valence-electron chi connectivity index (χ1n) is 12.6. The highest BCUT2D eigenvalue weighted by molar-refractivity contribution is 6.02. The SMILES string of the molecule is C[C@H]1C[C@H](c2cc(F)ccc2F)N(c2ccc3ncc(NC(=O)c4cnc(N5CCNC(=O)C5)cn4)n3n2)C1. The molecule has 5 heterocycles. The Bertz CT molecular complexity index is 1560. The van der Waals surface area contributed by atoms with Gasteiger partial charge in [-0.1, -0.05) is 6.92 Å². The second-order valence-electron chi connectivity index (χ2n) is 9.77. The quantitative estimate of drug-likeness (QED) is 0.402. The molecule has 13 heteroatoms. The lowest BCUT2D eigenvalue weighted by molar-refractivity contribution is -0.120. The molecule has 0 spiro atoms. The zero-order valence-electron chi connectivity index (χ0n) is 21.0. The lowest BCUT2D eigenvalue weighted by Crippen LogP contribution is -2.48. The summed E-state index contributed by atoms with van der Waals surface area (Å²) in [5.41, 5.74) is 0.869. The van der Waals surface area contributed by atoms with Crippen molar-refractivity contribution in [3.05, 3.63) is 71.8 Å². The molecule has 0 radical (unpaired) electrons. The van der Waals surface area contributed by atoms with Gasteiger partial charge in [0.1, 0.15) is 29.0 Å². The summed E-state index contributed by atoms with van der Waals surface area (Å²) in [5, 5.41) is 10.2. The number of piperazine rings is 1. The number of hydrogen-bond donors (Lipinski definition) is 2. The van der Waals surface area contributed by atoms with Crippen LogP contribution in [0.4, 0.5) is 26.2 Å². The zero-order chi connectivity index (χ0) is 27.1. The number of benzene rings is 1. The van der Waals surface area contributed by atoms with Crippen LogP contribution in [0.25, 0.3) is 5.65 Å². The van der Waals surface area contributed by atoms with Crippen LogP contribution in [0.1, 0.15) is 35.4 Å². The molecule has 2 fully saturated rings. The highest BCUT2D eigenvalue weighted by atomic mass is 19.1. The number of hydrogen-bond acceptors (Lipinski definition) is 8. The number of amides is 2. The van der Waals surface area contributed by atoms with E-state index in [-0.39, 0.29) is 35.7 Å². The van der Waals surface area contributed by atoms with Gasteiger partial charge in [-0.3, -0.25) is 9.59 Å². The minimum absolute atomic E-state index is 0.0846. The standard InChI is InChI=1S/C26H25F2N9O2/c1-15-8-20(17-9-16(27)2-3-18(17)28)36(13-15)22-5-4-21-32-12-24(37(21)34-22)33-26(39)19-10-31-23(11-30-19)35-7-6-29-25(38)14-35/h2-5,9-12,15,20H,6-8,13-14H2,1H3,(H,29,38)(H,33,39)/t15-,20+/m0/s1. The first kappa shape index (κ1) is 24.6. The predicted octanol–water partition coefficient (Wildman–Crippen LogP) is 2.57. The summed E-state index contributed by atoms with van der Waals surface area (Å²) in [5.74, 6) is 0.0397. The van der Waals surface area contributed by atoms with Gasteiger partial charge in [0, 0.05) is 25.2 Å². The van der Waals surface area contributed by atoms with Gasteiger partial charge in [-0.25, -0.2) is 23.7 Å². The number of halogens is 2. The van der Waals surface area contributed by atoms with Crippen molar-refractivity contribution < 1.29 is 18.4 Å². The molecule has 4 aromatic rings. The summed E-state index contributed by atoms with van der Waals surface area (Å²) in [4.78, 5) is 41.1. The van der Waals surface area contributed by atoms with Crippen LogP contribution in [-0.2, 0) is 4.79 Å². The third-order valence-electron chi connectivity index (χ3n) is 6.94. The molecule has 0 bridgehead atoms. The largest absolute Gasteiger partial charge is 0.353 e. The molecule has 0 aliphatic carbocycles. The van der Waals surface area contributed by atoms with E-state index in [1.165, 1.54) is 29.2 Å². The molecule has 6 rings (SSSR count). The number of carbonyl (C=O) groups is 2. The average molecular weight is 534 g/mol. The van der Waals surface area contributed by atoms with Crippen LogP contribution in [0.15, 0.2) is 48.9 Å². The van der Waals surface area contributed by atoms with Gasteiger partial charge in [-0.05, 0) is 42.7 Å². The molecule has 2 saturated heterocycles. The van der Waals surface area contributed by atoms with Gasteiger partial charge in [-0.15, -0.1) is 5.10 Å². The fraction of sp³-hybridized carbons (Fsp3) is 0.308. The minimum atomic E-state index is -0.506. The maximum Gasteiger partial charge on any atom is 0.277 e. The molecule has 39 heavy (non-hydrogen) atoms. The molecule has 2 amide bonds. The number of nitrogens with one attached hydrogen (secondary N) is 2. The minimum Gasteiger partial charge on any atom is -0.353 e. The van der Waals surface area contributed by atoms with Gasteiger partial charge in [0.2, 0.25) is 5.91 Å². The number of carbonyl (C=O) groups excluding carboxylic acids is 2. The molecule has 11 nitrogen and oxygen atoms in total. The summed E-state index contributed by atoms with van der Waals surface area (Å²) < 4.78 is 30.1. The second kappa shape index (κ2) is 9.89. The highest BCUT2D eigenvalue weighted by Crippen LogP contribution is 2.39. The Hall–Kier alpha value is -4.68. The summed E-state index contributed by atoms with van der Waals surface area (Å²) in [6.07, 6.45) is 4.93. The Morgan fingerprint density at radius 2 is 1.95 bits per heavy atom. The molecule has 2 aliphatic rings. The molecule has 2 atom stereocenters. The molecule has 2 aliphatic heterocycles. The number of fused-ring (bicyclic) bond motifs is 1. The maximum atomic E-state index is 14.6. The van der Waals surface area contributed by atoms with Crippen molar-refractivity contribution >= 4 is 34.9 Å². The maximum absolute atomic E-state index is 14.6. The molecule has 2 N–H and O–H groups in total. The van der Waals surface area contributed by atoms with E-state index < -0.39 is 17.5 Å². The third-order valence-corrected chi connectivity index (χ3v) is 6.94. The summed E-state index contributed by atoms with van der Waals surface area (Å²) in [6, 6.07) is 6.63. The fourth-order valence-electron chi connectivity index (χ4n) is 5.08. The van der Waals surface area contributed by atoms with Gasteiger partial charge in [0.05, 0.1) is 31.2 Å². The van der Waals surface area contributed by atoms with E-state index in [9.17, 15) is 18.4 Å². The Morgan fingerprint density at radius 3 is 2.74 bits per heavy atom. The van der Waals surface area contributed by atoms with E-state index in [4.69, 9.17) is 0 Å². The smallest absolute Gasteiger partial charge is 0.277 e. The van der Waals surface area contributed by atoms with Crippen LogP contribution in [0.5, 0.6) is 0 Å². The predicted molar refractivity (Wildman–Crippen MR) is 138 cm³/mol. The van der Waals surface area contributed by atoms with Crippen LogP contribution in [0.2, 0.25) is 0 Å². The Kier molecular flexibility index (Phi) is 6.25. The topological polar surface area (TPSA) is 121 Å². The van der Waals surface area contributed by atoms with E-state index >= 15 is 0 Å².